The van der Waals surface area contributed by atoms with E-state index in [4.69, 9.17) is 10.00 Å². The number of methoxy groups -OCH3 is 1. The maximum atomic E-state index is 10.0. The van der Waals surface area contributed by atoms with Gasteiger partial charge in [-0.15, -0.1) is 0 Å². The molecule has 92 valence electrons. The van der Waals surface area contributed by atoms with Crippen LogP contribution in [0, 0.1) is 11.3 Å². The van der Waals surface area contributed by atoms with Crippen molar-refractivity contribution < 1.29 is 9.84 Å². The Morgan fingerprint density at radius 2 is 2.18 bits per heavy atom. The molecule has 3 nitrogen and oxygen atoms in total. The van der Waals surface area contributed by atoms with Crippen molar-refractivity contribution in [2.24, 2.45) is 0 Å². The third kappa shape index (κ3) is 4.18. The number of rotatable bonds is 5. The van der Waals surface area contributed by atoms with Crippen LogP contribution in [0.5, 0.6) is 0 Å². The van der Waals surface area contributed by atoms with Gasteiger partial charge in [0.15, 0.2) is 0 Å². The molecule has 3 heteroatoms. The number of ether oxygens (including phenoxy) is 1. The maximum Gasteiger partial charge on any atom is 0.0991 e. The van der Waals surface area contributed by atoms with Gasteiger partial charge in [-0.1, -0.05) is 12.1 Å². The van der Waals surface area contributed by atoms with Gasteiger partial charge in [-0.05, 0) is 44.4 Å². The Morgan fingerprint density at radius 1 is 1.47 bits per heavy atom. The van der Waals surface area contributed by atoms with Crippen LogP contribution in [0.4, 0.5) is 0 Å². The Hall–Kier alpha value is -1.37. The van der Waals surface area contributed by atoms with Gasteiger partial charge in [-0.3, -0.25) is 0 Å². The first-order valence-electron chi connectivity index (χ1n) is 5.72. The van der Waals surface area contributed by atoms with E-state index >= 15 is 0 Å². The van der Waals surface area contributed by atoms with Crippen LogP contribution in [-0.2, 0) is 4.74 Å². The van der Waals surface area contributed by atoms with Crippen LogP contribution in [0.25, 0.3) is 0 Å². The molecule has 0 amide bonds. The minimum absolute atomic E-state index is 0.228. The summed E-state index contributed by atoms with van der Waals surface area (Å²) in [6.45, 7) is 3.98. The molecule has 0 radical (unpaired) electrons. The fraction of sp³-hybridized carbons (Fsp3) is 0.500. The van der Waals surface area contributed by atoms with Gasteiger partial charge < -0.3 is 9.84 Å². The first kappa shape index (κ1) is 13.7. The Morgan fingerprint density at radius 3 is 2.76 bits per heavy atom. The standard InChI is InChI=1S/C14H19NO2/c1-14(2,17-3)8-7-13(16)12-6-4-5-11(9-12)10-15/h4-6,9,13,16H,7-8H2,1-3H3. The fourth-order valence-electron chi connectivity index (χ4n) is 1.57. The zero-order chi connectivity index (χ0) is 12.9. The molecule has 0 saturated heterocycles. The van der Waals surface area contributed by atoms with Crippen molar-refractivity contribution in [2.75, 3.05) is 7.11 Å². The number of hydrogen-bond acceptors (Lipinski definition) is 3. The van der Waals surface area contributed by atoms with E-state index in [2.05, 4.69) is 6.07 Å². The van der Waals surface area contributed by atoms with Crippen LogP contribution >= 0.6 is 0 Å². The van der Waals surface area contributed by atoms with Crippen molar-refractivity contribution in [3.05, 3.63) is 35.4 Å². The molecule has 1 rings (SSSR count). The van der Waals surface area contributed by atoms with E-state index in [1.807, 2.05) is 19.9 Å². The molecule has 1 unspecified atom stereocenters. The quantitative estimate of drug-likeness (QED) is 0.850. The molecule has 0 spiro atoms. The average Bonchev–Trinajstić information content (AvgIpc) is 2.36. The molecule has 1 N–H and O–H groups in total. The number of aliphatic hydroxyl groups excluding tert-OH is 1. The van der Waals surface area contributed by atoms with Gasteiger partial charge in [-0.25, -0.2) is 0 Å². The zero-order valence-corrected chi connectivity index (χ0v) is 10.6. The minimum Gasteiger partial charge on any atom is -0.388 e. The second-order valence-corrected chi connectivity index (χ2v) is 4.76. The molecular formula is C14H19NO2. The molecule has 1 aromatic rings. The predicted octanol–water partition coefficient (Wildman–Crippen LogP) is 2.80. The Labute approximate surface area is 103 Å². The maximum absolute atomic E-state index is 10.0. The minimum atomic E-state index is -0.544. The van der Waals surface area contributed by atoms with Gasteiger partial charge in [0.2, 0.25) is 0 Å². The highest BCUT2D eigenvalue weighted by molar-refractivity contribution is 5.33. The van der Waals surface area contributed by atoms with Gasteiger partial charge in [0.25, 0.3) is 0 Å². The number of aliphatic hydroxyl groups is 1. The Balaban J connectivity index is 2.64. The SMILES string of the molecule is COC(C)(C)CCC(O)c1cccc(C#N)c1. The first-order chi connectivity index (χ1) is 7.98. The highest BCUT2D eigenvalue weighted by Gasteiger charge is 2.19. The summed E-state index contributed by atoms with van der Waals surface area (Å²) in [6.07, 6.45) is 0.842. The van der Waals surface area contributed by atoms with Crippen molar-refractivity contribution in [3.63, 3.8) is 0 Å². The molecule has 1 aromatic carbocycles. The number of nitrogens with zero attached hydrogens (tertiary/aromatic N) is 1. The lowest BCUT2D eigenvalue weighted by Gasteiger charge is -2.24. The first-order valence-corrected chi connectivity index (χ1v) is 5.72. The molecular weight excluding hydrogens is 214 g/mol. The average molecular weight is 233 g/mol. The van der Waals surface area contributed by atoms with Gasteiger partial charge in [-0.2, -0.15) is 5.26 Å². The molecule has 0 aliphatic heterocycles. The molecule has 1 atom stereocenters. The molecule has 0 bridgehead atoms. The fourth-order valence-corrected chi connectivity index (χ4v) is 1.57. The monoisotopic (exact) mass is 233 g/mol. The summed E-state index contributed by atoms with van der Waals surface area (Å²) in [7, 11) is 1.67. The number of nitriles is 1. The molecule has 0 heterocycles. The summed E-state index contributed by atoms with van der Waals surface area (Å²) in [4.78, 5) is 0. The Kier molecular flexibility index (Phi) is 4.68. The summed E-state index contributed by atoms with van der Waals surface area (Å²) in [5.41, 5.74) is 1.14. The molecule has 0 fully saturated rings. The van der Waals surface area contributed by atoms with Crippen molar-refractivity contribution >= 4 is 0 Å². The highest BCUT2D eigenvalue weighted by atomic mass is 16.5. The van der Waals surface area contributed by atoms with Crippen molar-refractivity contribution in [2.45, 2.75) is 38.4 Å². The van der Waals surface area contributed by atoms with Gasteiger partial charge in [0.1, 0.15) is 0 Å². The topological polar surface area (TPSA) is 53.2 Å². The van der Waals surface area contributed by atoms with E-state index in [1.54, 1.807) is 25.3 Å². The second kappa shape index (κ2) is 5.81. The van der Waals surface area contributed by atoms with Gasteiger partial charge in [0, 0.05) is 7.11 Å². The van der Waals surface area contributed by atoms with E-state index < -0.39 is 6.10 Å². The van der Waals surface area contributed by atoms with Crippen molar-refractivity contribution in [1.29, 1.82) is 5.26 Å². The molecule has 0 aliphatic rings. The molecule has 17 heavy (non-hydrogen) atoms. The van der Waals surface area contributed by atoms with Crippen LogP contribution in [0.15, 0.2) is 24.3 Å². The van der Waals surface area contributed by atoms with Crippen molar-refractivity contribution in [3.8, 4) is 6.07 Å². The van der Waals surface area contributed by atoms with E-state index in [1.165, 1.54) is 0 Å². The Bertz CT molecular complexity index is 407. The van der Waals surface area contributed by atoms with Gasteiger partial charge >= 0.3 is 0 Å². The van der Waals surface area contributed by atoms with E-state index in [0.717, 1.165) is 12.0 Å². The van der Waals surface area contributed by atoms with Crippen molar-refractivity contribution in [1.82, 2.24) is 0 Å². The summed E-state index contributed by atoms with van der Waals surface area (Å²) in [5.74, 6) is 0. The van der Waals surface area contributed by atoms with E-state index in [-0.39, 0.29) is 5.60 Å². The van der Waals surface area contributed by atoms with E-state index in [9.17, 15) is 5.11 Å². The lowest BCUT2D eigenvalue weighted by Crippen LogP contribution is -2.23. The zero-order valence-electron chi connectivity index (χ0n) is 10.6. The summed E-state index contributed by atoms with van der Waals surface area (Å²) >= 11 is 0. The third-order valence-corrected chi connectivity index (χ3v) is 2.97. The second-order valence-electron chi connectivity index (χ2n) is 4.76. The van der Waals surface area contributed by atoms with Crippen LogP contribution in [0.1, 0.15) is 43.9 Å². The third-order valence-electron chi connectivity index (χ3n) is 2.97. The lowest BCUT2D eigenvalue weighted by atomic mass is 9.96. The summed E-state index contributed by atoms with van der Waals surface area (Å²) in [5, 5.41) is 18.8. The van der Waals surface area contributed by atoms with E-state index in [0.29, 0.717) is 12.0 Å². The van der Waals surface area contributed by atoms with Crippen LogP contribution in [-0.4, -0.2) is 17.8 Å². The summed E-state index contributed by atoms with van der Waals surface area (Å²) < 4.78 is 5.31. The predicted molar refractivity (Wildman–Crippen MR) is 66.4 cm³/mol. The normalized spacial score (nSPS) is 13.1. The van der Waals surface area contributed by atoms with Crippen LogP contribution < -0.4 is 0 Å². The van der Waals surface area contributed by atoms with Crippen LogP contribution in [0.2, 0.25) is 0 Å². The largest absolute Gasteiger partial charge is 0.388 e. The highest BCUT2D eigenvalue weighted by Crippen LogP contribution is 2.24. The lowest BCUT2D eigenvalue weighted by molar-refractivity contribution is 0.00279. The molecule has 0 aromatic heterocycles. The van der Waals surface area contributed by atoms with Gasteiger partial charge in [0.05, 0.1) is 23.3 Å². The van der Waals surface area contributed by atoms with Crippen LogP contribution in [0.3, 0.4) is 0 Å². The number of hydrogen-bond donors (Lipinski definition) is 1. The smallest absolute Gasteiger partial charge is 0.0991 e. The molecule has 0 aliphatic carbocycles. The number of benzene rings is 1. The molecule has 0 saturated carbocycles. The summed E-state index contributed by atoms with van der Waals surface area (Å²) in [6, 6.07) is 9.16.